The molecule has 0 aliphatic rings. The zero-order valence-electron chi connectivity index (χ0n) is 18.8. The fourth-order valence-electron chi connectivity index (χ4n) is 2.66. The summed E-state index contributed by atoms with van der Waals surface area (Å²) in [6, 6.07) is -5.06. The summed E-state index contributed by atoms with van der Waals surface area (Å²) in [6.45, 7) is 3.25. The molecule has 0 radical (unpaired) electrons. The van der Waals surface area contributed by atoms with Crippen molar-refractivity contribution in [3.05, 3.63) is 0 Å². The summed E-state index contributed by atoms with van der Waals surface area (Å²) in [5.41, 5.74) is 10.6. The Balaban J connectivity index is 5.45. The van der Waals surface area contributed by atoms with Crippen molar-refractivity contribution in [3.63, 3.8) is 0 Å². The Morgan fingerprint density at radius 3 is 1.91 bits per heavy atom. The Bertz CT molecular complexity index is 733. The van der Waals surface area contributed by atoms with Crippen molar-refractivity contribution >= 4 is 47.3 Å². The topological polar surface area (TPSA) is 231 Å². The third-order valence-corrected chi connectivity index (χ3v) is 5.16. The second kappa shape index (κ2) is 15.1. The molecule has 4 unspecified atom stereocenters. The molecular formula is C19H33N5O8S. The van der Waals surface area contributed by atoms with Crippen LogP contribution in [0.3, 0.4) is 0 Å². The van der Waals surface area contributed by atoms with Crippen molar-refractivity contribution in [3.8, 4) is 0 Å². The van der Waals surface area contributed by atoms with Gasteiger partial charge in [-0.15, -0.1) is 0 Å². The molecule has 9 N–H and O–H groups in total. The van der Waals surface area contributed by atoms with Gasteiger partial charge in [-0.3, -0.25) is 24.0 Å². The number of hydrogen-bond acceptors (Lipinski definition) is 8. The molecule has 0 saturated carbocycles. The molecule has 14 heteroatoms. The highest BCUT2D eigenvalue weighted by molar-refractivity contribution is 7.98. The number of carboxylic acid groups (broad SMARTS) is 2. The van der Waals surface area contributed by atoms with Crippen LogP contribution in [0.1, 0.15) is 39.5 Å². The fraction of sp³-hybridized carbons (Fsp3) is 0.684. The SMILES string of the molecule is CSCCC(NC(=O)C(NC(=O)C(CCC(N)=O)NC(=O)C(N)CC(=O)O)C(C)C)C(=O)O. The van der Waals surface area contributed by atoms with Crippen molar-refractivity contribution in [2.45, 2.75) is 63.7 Å². The summed E-state index contributed by atoms with van der Waals surface area (Å²) in [5.74, 6) is -5.74. The van der Waals surface area contributed by atoms with E-state index >= 15 is 0 Å². The maximum atomic E-state index is 12.8. The van der Waals surface area contributed by atoms with Crippen LogP contribution in [0.15, 0.2) is 0 Å². The van der Waals surface area contributed by atoms with Crippen LogP contribution in [0, 0.1) is 5.92 Å². The minimum absolute atomic E-state index is 0.180. The molecule has 0 saturated heterocycles. The van der Waals surface area contributed by atoms with E-state index in [-0.39, 0.29) is 19.3 Å². The van der Waals surface area contributed by atoms with Crippen molar-refractivity contribution in [2.75, 3.05) is 12.0 Å². The predicted molar refractivity (Wildman–Crippen MR) is 120 cm³/mol. The van der Waals surface area contributed by atoms with Gasteiger partial charge in [0.1, 0.15) is 18.1 Å². The van der Waals surface area contributed by atoms with Crippen LogP contribution in [-0.2, 0) is 28.8 Å². The van der Waals surface area contributed by atoms with E-state index in [9.17, 15) is 33.9 Å². The second-order valence-electron chi connectivity index (χ2n) is 7.68. The van der Waals surface area contributed by atoms with Gasteiger partial charge >= 0.3 is 11.9 Å². The van der Waals surface area contributed by atoms with Crippen molar-refractivity contribution in [1.29, 1.82) is 0 Å². The first-order chi connectivity index (χ1) is 15.3. The molecule has 33 heavy (non-hydrogen) atoms. The van der Waals surface area contributed by atoms with Crippen molar-refractivity contribution in [1.82, 2.24) is 16.0 Å². The molecule has 0 aliphatic carbocycles. The number of amides is 4. The van der Waals surface area contributed by atoms with Gasteiger partial charge in [0.05, 0.1) is 12.5 Å². The van der Waals surface area contributed by atoms with Gasteiger partial charge in [-0.2, -0.15) is 11.8 Å². The maximum Gasteiger partial charge on any atom is 0.326 e. The number of primary amides is 1. The van der Waals surface area contributed by atoms with E-state index in [1.165, 1.54) is 11.8 Å². The number of carbonyl (C=O) groups is 6. The van der Waals surface area contributed by atoms with Crippen LogP contribution in [0.25, 0.3) is 0 Å². The quantitative estimate of drug-likeness (QED) is 0.125. The average Bonchev–Trinajstić information content (AvgIpc) is 2.70. The van der Waals surface area contributed by atoms with Gasteiger partial charge in [0, 0.05) is 6.42 Å². The van der Waals surface area contributed by atoms with Crippen LogP contribution in [0.2, 0.25) is 0 Å². The minimum Gasteiger partial charge on any atom is -0.481 e. The predicted octanol–water partition coefficient (Wildman–Crippen LogP) is -2.00. The zero-order chi connectivity index (χ0) is 25.7. The number of thioether (sulfide) groups is 1. The average molecular weight is 492 g/mol. The molecular weight excluding hydrogens is 458 g/mol. The number of nitrogens with two attached hydrogens (primary N) is 2. The molecule has 0 rings (SSSR count). The van der Waals surface area contributed by atoms with E-state index in [0.29, 0.717) is 5.75 Å². The highest BCUT2D eigenvalue weighted by Crippen LogP contribution is 2.08. The number of aliphatic carboxylic acids is 2. The first kappa shape index (κ1) is 30.1. The number of hydrogen-bond donors (Lipinski definition) is 7. The normalized spacial score (nSPS) is 14.5. The Hall–Kier alpha value is -2.87. The first-order valence-electron chi connectivity index (χ1n) is 10.2. The number of carbonyl (C=O) groups excluding carboxylic acids is 4. The van der Waals surface area contributed by atoms with Crippen molar-refractivity contribution < 1.29 is 39.0 Å². The highest BCUT2D eigenvalue weighted by Gasteiger charge is 2.32. The van der Waals surface area contributed by atoms with Gasteiger partial charge in [-0.1, -0.05) is 13.8 Å². The number of carboxylic acids is 2. The second-order valence-corrected chi connectivity index (χ2v) is 8.67. The summed E-state index contributed by atoms with van der Waals surface area (Å²) in [5, 5.41) is 25.2. The Morgan fingerprint density at radius 2 is 1.45 bits per heavy atom. The summed E-state index contributed by atoms with van der Waals surface area (Å²) in [6.07, 6.45) is 0.797. The molecule has 0 spiro atoms. The zero-order valence-corrected chi connectivity index (χ0v) is 19.6. The molecule has 4 atom stereocenters. The lowest BCUT2D eigenvalue weighted by atomic mass is 10.0. The number of rotatable bonds is 16. The Morgan fingerprint density at radius 1 is 0.879 bits per heavy atom. The minimum atomic E-state index is -1.44. The summed E-state index contributed by atoms with van der Waals surface area (Å²) in [7, 11) is 0. The van der Waals surface area contributed by atoms with Crippen LogP contribution < -0.4 is 27.4 Å². The summed E-state index contributed by atoms with van der Waals surface area (Å²) < 4.78 is 0. The molecule has 0 fully saturated rings. The molecule has 0 aromatic rings. The third kappa shape index (κ3) is 12.1. The van der Waals surface area contributed by atoms with E-state index in [4.69, 9.17) is 16.6 Å². The lowest BCUT2D eigenvalue weighted by molar-refractivity contribution is -0.142. The Kier molecular flexibility index (Phi) is 13.7. The molecule has 4 amide bonds. The van der Waals surface area contributed by atoms with Gasteiger partial charge in [-0.05, 0) is 30.8 Å². The van der Waals surface area contributed by atoms with Crippen molar-refractivity contribution in [2.24, 2.45) is 17.4 Å². The van der Waals surface area contributed by atoms with E-state index in [0.717, 1.165) is 0 Å². The van der Waals surface area contributed by atoms with E-state index in [2.05, 4.69) is 16.0 Å². The molecule has 0 bridgehead atoms. The van der Waals surface area contributed by atoms with Gasteiger partial charge in [0.2, 0.25) is 23.6 Å². The van der Waals surface area contributed by atoms with Crippen LogP contribution in [0.5, 0.6) is 0 Å². The molecule has 13 nitrogen and oxygen atoms in total. The van der Waals surface area contributed by atoms with E-state index in [1.54, 1.807) is 20.1 Å². The lowest BCUT2D eigenvalue weighted by Gasteiger charge is -2.27. The lowest BCUT2D eigenvalue weighted by Crippen LogP contribution is -2.58. The molecule has 0 heterocycles. The molecule has 188 valence electrons. The van der Waals surface area contributed by atoms with Crippen LogP contribution >= 0.6 is 11.8 Å². The smallest absolute Gasteiger partial charge is 0.326 e. The standard InChI is InChI=1S/C19H33N5O8S/c1-9(2)15(18(30)23-12(19(31)32)6-7-33-3)24-17(29)11(4-5-13(21)25)22-16(28)10(20)8-14(26)27/h9-12,15H,4-8,20H2,1-3H3,(H2,21,25)(H,22,28)(H,23,30)(H,24,29)(H,26,27)(H,31,32). The first-order valence-corrected chi connectivity index (χ1v) is 11.6. The van der Waals surface area contributed by atoms with Gasteiger partial charge in [-0.25, -0.2) is 4.79 Å². The highest BCUT2D eigenvalue weighted by atomic mass is 32.2. The molecule has 0 aromatic heterocycles. The van der Waals surface area contributed by atoms with Gasteiger partial charge < -0.3 is 37.6 Å². The molecule has 0 aromatic carbocycles. The Labute approximate surface area is 195 Å². The van der Waals surface area contributed by atoms with E-state index < -0.39 is 72.1 Å². The monoisotopic (exact) mass is 491 g/mol. The fourth-order valence-corrected chi connectivity index (χ4v) is 3.13. The summed E-state index contributed by atoms with van der Waals surface area (Å²) in [4.78, 5) is 71.0. The third-order valence-electron chi connectivity index (χ3n) is 4.52. The maximum absolute atomic E-state index is 12.8. The number of nitrogens with one attached hydrogen (secondary N) is 3. The largest absolute Gasteiger partial charge is 0.481 e. The van der Waals surface area contributed by atoms with E-state index in [1.807, 2.05) is 0 Å². The van der Waals surface area contributed by atoms with Crippen LogP contribution in [-0.4, -0.2) is 82.0 Å². The van der Waals surface area contributed by atoms with Gasteiger partial charge in [0.25, 0.3) is 0 Å². The van der Waals surface area contributed by atoms with Crippen LogP contribution in [0.4, 0.5) is 0 Å². The summed E-state index contributed by atoms with van der Waals surface area (Å²) >= 11 is 1.41. The van der Waals surface area contributed by atoms with Gasteiger partial charge in [0.15, 0.2) is 0 Å². The molecule has 0 aliphatic heterocycles.